The van der Waals surface area contributed by atoms with Gasteiger partial charge in [-0.2, -0.15) is 0 Å². The van der Waals surface area contributed by atoms with E-state index in [-0.39, 0.29) is 17.3 Å². The summed E-state index contributed by atoms with van der Waals surface area (Å²) in [6.45, 7) is 0. The van der Waals surface area contributed by atoms with Gasteiger partial charge in [0.05, 0.1) is 37.7 Å². The maximum atomic E-state index is 12.2. The number of non-ortho nitro benzene ring substituents is 1. The molecule has 1 N–H and O–H groups in total. The predicted octanol–water partition coefficient (Wildman–Crippen LogP) is 3.81. The Kier molecular flexibility index (Phi) is 7.45. The van der Waals surface area contributed by atoms with Gasteiger partial charge >= 0.3 is 0 Å². The van der Waals surface area contributed by atoms with E-state index in [1.165, 1.54) is 51.3 Å². The van der Waals surface area contributed by atoms with Gasteiger partial charge in [-0.25, -0.2) is 0 Å². The van der Waals surface area contributed by atoms with E-state index in [1.807, 2.05) is 0 Å². The molecule has 0 spiro atoms. The number of ether oxygens (including phenoxy) is 3. The van der Waals surface area contributed by atoms with Gasteiger partial charge in [-0.3, -0.25) is 14.9 Å². The topological polar surface area (TPSA) is 126 Å². The lowest BCUT2D eigenvalue weighted by Gasteiger charge is -2.13. The van der Waals surface area contributed by atoms with Crippen LogP contribution in [-0.4, -0.2) is 48.1 Å². The number of aromatic nitrogens is 2. The third-order valence-corrected chi connectivity index (χ3v) is 5.21. The van der Waals surface area contributed by atoms with Crippen LogP contribution >= 0.6 is 11.8 Å². The van der Waals surface area contributed by atoms with Crippen molar-refractivity contribution in [1.82, 2.24) is 10.2 Å². The van der Waals surface area contributed by atoms with Crippen LogP contribution in [0.25, 0.3) is 11.3 Å². The summed E-state index contributed by atoms with van der Waals surface area (Å²) in [7, 11) is 4.59. The van der Waals surface area contributed by atoms with Crippen LogP contribution in [0, 0.1) is 10.1 Å². The number of nitrogens with zero attached hydrogens (tertiary/aromatic N) is 3. The number of carbonyl (C=O) groups is 1. The smallest absolute Gasteiger partial charge is 0.271 e. The van der Waals surface area contributed by atoms with Crippen molar-refractivity contribution < 1.29 is 23.9 Å². The molecule has 166 valence electrons. The first-order valence-corrected chi connectivity index (χ1v) is 10.2. The van der Waals surface area contributed by atoms with E-state index >= 15 is 0 Å². The second-order valence-corrected chi connectivity index (χ2v) is 7.31. The molecule has 0 aliphatic carbocycles. The SMILES string of the molecule is COc1cc(-c2ccc(SCC(=O)Nc3cccc([N+](=O)[O-])c3)nn2)cc(OC)c1OC. The van der Waals surface area contributed by atoms with E-state index in [0.29, 0.717) is 33.7 Å². The number of amides is 1. The molecule has 0 fully saturated rings. The highest BCUT2D eigenvalue weighted by atomic mass is 32.2. The van der Waals surface area contributed by atoms with Gasteiger partial charge in [-0.15, -0.1) is 10.2 Å². The minimum atomic E-state index is -0.518. The van der Waals surface area contributed by atoms with Crippen LogP contribution in [0.4, 0.5) is 11.4 Å². The van der Waals surface area contributed by atoms with Crippen molar-refractivity contribution in [3.05, 3.63) is 58.6 Å². The number of rotatable bonds is 9. The third-order valence-electron chi connectivity index (χ3n) is 4.29. The number of thioether (sulfide) groups is 1. The molecule has 1 aromatic heterocycles. The molecule has 0 unspecified atom stereocenters. The van der Waals surface area contributed by atoms with Crippen LogP contribution in [-0.2, 0) is 4.79 Å². The van der Waals surface area contributed by atoms with Gasteiger partial charge in [0.1, 0.15) is 5.03 Å². The van der Waals surface area contributed by atoms with Crippen LogP contribution in [0.1, 0.15) is 0 Å². The van der Waals surface area contributed by atoms with Gasteiger partial charge in [-0.05, 0) is 30.3 Å². The Balaban J connectivity index is 1.66. The summed E-state index contributed by atoms with van der Waals surface area (Å²) in [5.41, 5.74) is 1.58. The molecule has 0 radical (unpaired) electrons. The van der Waals surface area contributed by atoms with Crippen LogP contribution in [0.5, 0.6) is 17.2 Å². The van der Waals surface area contributed by atoms with Crippen LogP contribution < -0.4 is 19.5 Å². The molecular formula is C21H20N4O6S. The highest BCUT2D eigenvalue weighted by molar-refractivity contribution is 7.99. The summed E-state index contributed by atoms with van der Waals surface area (Å²) >= 11 is 1.19. The highest BCUT2D eigenvalue weighted by Crippen LogP contribution is 2.40. The second-order valence-electron chi connectivity index (χ2n) is 6.32. The first-order valence-electron chi connectivity index (χ1n) is 9.26. The normalized spacial score (nSPS) is 10.3. The molecule has 0 bridgehead atoms. The molecule has 0 aliphatic rings. The maximum absolute atomic E-state index is 12.2. The summed E-state index contributed by atoms with van der Waals surface area (Å²) in [5, 5.41) is 22.4. The molecule has 1 amide bonds. The molecule has 0 saturated heterocycles. The molecule has 3 rings (SSSR count). The fourth-order valence-corrected chi connectivity index (χ4v) is 3.43. The lowest BCUT2D eigenvalue weighted by Crippen LogP contribution is -2.14. The Hall–Kier alpha value is -3.86. The quantitative estimate of drug-likeness (QED) is 0.290. The van der Waals surface area contributed by atoms with E-state index < -0.39 is 4.92 Å². The van der Waals surface area contributed by atoms with Gasteiger partial charge in [0.25, 0.3) is 5.69 Å². The number of carbonyl (C=O) groups excluding carboxylic acids is 1. The molecule has 32 heavy (non-hydrogen) atoms. The number of hydrogen-bond donors (Lipinski definition) is 1. The largest absolute Gasteiger partial charge is 0.493 e. The Morgan fingerprint density at radius 3 is 2.31 bits per heavy atom. The maximum Gasteiger partial charge on any atom is 0.271 e. The zero-order chi connectivity index (χ0) is 23.1. The number of benzene rings is 2. The van der Waals surface area contributed by atoms with E-state index in [2.05, 4.69) is 15.5 Å². The molecule has 0 atom stereocenters. The Bertz CT molecular complexity index is 1100. The van der Waals surface area contributed by atoms with Crippen molar-refractivity contribution >= 4 is 29.0 Å². The fraction of sp³-hybridized carbons (Fsp3) is 0.190. The molecule has 2 aromatic carbocycles. The lowest BCUT2D eigenvalue weighted by atomic mass is 10.1. The van der Waals surface area contributed by atoms with Gasteiger partial charge in [-0.1, -0.05) is 17.8 Å². The van der Waals surface area contributed by atoms with Crippen molar-refractivity contribution in [3.8, 4) is 28.5 Å². The minimum absolute atomic E-state index is 0.0703. The number of methoxy groups -OCH3 is 3. The van der Waals surface area contributed by atoms with Crippen molar-refractivity contribution in [2.75, 3.05) is 32.4 Å². The first kappa shape index (κ1) is 22.8. The Labute approximate surface area is 188 Å². The Morgan fingerprint density at radius 2 is 1.75 bits per heavy atom. The van der Waals surface area contributed by atoms with Crippen molar-refractivity contribution in [2.45, 2.75) is 5.03 Å². The summed E-state index contributed by atoms with van der Waals surface area (Å²) in [4.78, 5) is 22.5. The number of nitrogens with one attached hydrogen (secondary N) is 1. The molecule has 0 saturated carbocycles. The van der Waals surface area contributed by atoms with Crippen molar-refractivity contribution in [2.24, 2.45) is 0 Å². The van der Waals surface area contributed by atoms with Crippen LogP contribution in [0.15, 0.2) is 53.6 Å². The average molecular weight is 456 g/mol. The average Bonchev–Trinajstić information content (AvgIpc) is 2.82. The van der Waals surface area contributed by atoms with Crippen LogP contribution in [0.3, 0.4) is 0 Å². The van der Waals surface area contributed by atoms with E-state index in [1.54, 1.807) is 30.3 Å². The minimum Gasteiger partial charge on any atom is -0.493 e. The molecular weight excluding hydrogens is 436 g/mol. The van der Waals surface area contributed by atoms with E-state index in [9.17, 15) is 14.9 Å². The highest BCUT2D eigenvalue weighted by Gasteiger charge is 2.15. The lowest BCUT2D eigenvalue weighted by molar-refractivity contribution is -0.384. The number of hydrogen-bond acceptors (Lipinski definition) is 9. The monoisotopic (exact) mass is 456 g/mol. The summed E-state index contributed by atoms with van der Waals surface area (Å²) in [5.74, 6) is 1.24. The molecule has 1 heterocycles. The van der Waals surface area contributed by atoms with Gasteiger partial charge in [0, 0.05) is 23.4 Å². The first-order chi connectivity index (χ1) is 15.4. The predicted molar refractivity (Wildman–Crippen MR) is 120 cm³/mol. The van der Waals surface area contributed by atoms with Crippen molar-refractivity contribution in [3.63, 3.8) is 0 Å². The summed E-state index contributed by atoms with van der Waals surface area (Å²) < 4.78 is 16.0. The summed E-state index contributed by atoms with van der Waals surface area (Å²) in [6.07, 6.45) is 0. The molecule has 0 aliphatic heterocycles. The van der Waals surface area contributed by atoms with E-state index in [4.69, 9.17) is 14.2 Å². The standard InChI is InChI=1S/C21H20N4O6S/c1-29-17-9-13(10-18(30-2)21(17)31-3)16-7-8-20(24-23-16)32-12-19(26)22-14-5-4-6-15(11-14)25(27)28/h4-11H,12H2,1-3H3,(H,22,26). The van der Waals surface area contributed by atoms with Gasteiger partial charge < -0.3 is 19.5 Å². The van der Waals surface area contributed by atoms with Gasteiger partial charge in [0.15, 0.2) is 11.5 Å². The van der Waals surface area contributed by atoms with Gasteiger partial charge in [0.2, 0.25) is 11.7 Å². The number of nitro groups is 1. The van der Waals surface area contributed by atoms with Crippen molar-refractivity contribution in [1.29, 1.82) is 0 Å². The Morgan fingerprint density at radius 1 is 1.03 bits per heavy atom. The zero-order valence-corrected chi connectivity index (χ0v) is 18.3. The second kappa shape index (κ2) is 10.4. The number of nitro benzene ring substituents is 1. The van der Waals surface area contributed by atoms with E-state index in [0.717, 1.165) is 5.56 Å². The third kappa shape index (κ3) is 5.43. The molecule has 10 nitrogen and oxygen atoms in total. The molecule has 11 heteroatoms. The number of anilines is 1. The fourth-order valence-electron chi connectivity index (χ4n) is 2.81. The zero-order valence-electron chi connectivity index (χ0n) is 17.5. The van der Waals surface area contributed by atoms with Crippen LogP contribution in [0.2, 0.25) is 0 Å². The molecule has 3 aromatic rings. The summed E-state index contributed by atoms with van der Waals surface area (Å²) in [6, 6.07) is 12.8.